The number of allylic oxidation sites excluding steroid dienone is 2. The van der Waals surface area contributed by atoms with Gasteiger partial charge in [-0.2, -0.15) is 0 Å². The molecule has 1 rings (SSSR count). The van der Waals surface area contributed by atoms with Crippen molar-refractivity contribution in [1.82, 2.24) is 0 Å². The van der Waals surface area contributed by atoms with E-state index in [4.69, 9.17) is 18.5 Å². The van der Waals surface area contributed by atoms with Crippen molar-refractivity contribution in [2.75, 3.05) is 47.5 Å². The van der Waals surface area contributed by atoms with Gasteiger partial charge in [-0.15, -0.1) is 0 Å². The molecule has 0 bridgehead atoms. The van der Waals surface area contributed by atoms with Gasteiger partial charge in [0.05, 0.1) is 46.2 Å². The molecule has 0 saturated heterocycles. The maximum Gasteiger partial charge on any atom is 0.306 e. The molecule has 58 heavy (non-hydrogen) atoms. The molecule has 2 N–H and O–H groups in total. The maximum absolute atomic E-state index is 12.8. The second-order valence-electron chi connectivity index (χ2n) is 17.6. The normalized spacial score (nSPS) is 19.6. The number of carbonyl (C=O) groups is 2. The molecule has 6 atom stereocenters. The van der Waals surface area contributed by atoms with E-state index in [1.165, 1.54) is 83.5 Å². The molecule has 11 nitrogen and oxygen atoms in total. The van der Waals surface area contributed by atoms with E-state index in [0.717, 1.165) is 51.4 Å². The van der Waals surface area contributed by atoms with Crippen molar-refractivity contribution >= 4 is 19.6 Å². The van der Waals surface area contributed by atoms with Gasteiger partial charge in [0, 0.05) is 18.8 Å². The van der Waals surface area contributed by atoms with Crippen LogP contribution in [0, 0.1) is 11.8 Å². The lowest BCUT2D eigenvalue weighted by Crippen LogP contribution is -2.37. The van der Waals surface area contributed by atoms with Gasteiger partial charge in [0.25, 0.3) is 7.82 Å². The number of ether oxygens (including phenoxy) is 2. The summed E-state index contributed by atoms with van der Waals surface area (Å²) in [4.78, 5) is 37.8. The molecule has 0 radical (unpaired) electrons. The molecule has 0 spiro atoms. The Bertz CT molecular complexity index is 1140. The van der Waals surface area contributed by atoms with Crippen LogP contribution in [0.5, 0.6) is 0 Å². The quantitative estimate of drug-likeness (QED) is 0.0153. The standard InChI is InChI=1S/C46H86NO10P/c1-6-8-10-11-12-13-14-15-16-17-18-19-20-21-24-28-35-54-38-41(39-56-58(52,53)55-36-34-47(3,4)5)57-46(51)31-27-23-22-26-30-42-43(45(50)37-44(42)49)33-32-40(48)29-25-9-7-2/h28,32-33,35,40-44,48-49H,6-27,29-31,34,36-39H2,1-5H3/b33-32+,35-28+/t40-,41+,42+,43+,44-/m0/s1. The van der Waals surface area contributed by atoms with Crippen molar-refractivity contribution in [3.05, 3.63) is 24.5 Å². The Labute approximate surface area is 353 Å². The van der Waals surface area contributed by atoms with Crippen molar-refractivity contribution < 1.29 is 52.3 Å². The number of Topliss-reactive ketones (excluding diaryl/α,β-unsaturated/α-hetero) is 1. The lowest BCUT2D eigenvalue weighted by atomic mass is 9.88. The smallest absolute Gasteiger partial charge is 0.306 e. The second-order valence-corrected chi connectivity index (χ2v) is 19.0. The molecule has 1 aliphatic rings. The molecule has 1 saturated carbocycles. The number of phosphoric acid groups is 1. The average Bonchev–Trinajstić information content (AvgIpc) is 3.43. The molecular formula is C46H86NO10P. The monoisotopic (exact) mass is 844 g/mol. The number of hydrogen-bond donors (Lipinski definition) is 2. The van der Waals surface area contributed by atoms with Crippen LogP contribution in [0.4, 0.5) is 0 Å². The first-order valence-corrected chi connectivity index (χ1v) is 24.7. The Hall–Kier alpha value is -1.59. The topological polar surface area (TPSA) is 152 Å². The van der Waals surface area contributed by atoms with Gasteiger partial charge in [-0.3, -0.25) is 14.2 Å². The van der Waals surface area contributed by atoms with E-state index in [9.17, 15) is 29.3 Å². The van der Waals surface area contributed by atoms with Crippen LogP contribution >= 0.6 is 7.82 Å². The van der Waals surface area contributed by atoms with E-state index in [1.807, 2.05) is 27.2 Å². The summed E-state index contributed by atoms with van der Waals surface area (Å²) < 4.78 is 34.3. The van der Waals surface area contributed by atoms with Crippen LogP contribution in [0.1, 0.15) is 181 Å². The summed E-state index contributed by atoms with van der Waals surface area (Å²) in [6.45, 7) is 4.37. The summed E-state index contributed by atoms with van der Waals surface area (Å²) in [7, 11) is 1.18. The Morgan fingerprint density at radius 1 is 0.828 bits per heavy atom. The molecule has 340 valence electrons. The van der Waals surface area contributed by atoms with Crippen LogP contribution in [-0.4, -0.2) is 92.3 Å². The molecular weight excluding hydrogens is 757 g/mol. The summed E-state index contributed by atoms with van der Waals surface area (Å²) in [6.07, 6.45) is 31.8. The Balaban J connectivity index is 2.42. The SMILES string of the molecule is CCCCCCCCCCCCCCCC/C=C/OC[C@H](COP(=O)([O-])OCC[N+](C)(C)C)OC(=O)CCCCCC[C@H]1[C@@H](O)CC(=O)[C@@H]1/C=C/[C@@H](O)CCCCC. The summed E-state index contributed by atoms with van der Waals surface area (Å²) in [5, 5.41) is 20.8. The molecule has 0 amide bonds. The van der Waals surface area contributed by atoms with E-state index in [1.54, 1.807) is 18.4 Å². The summed E-state index contributed by atoms with van der Waals surface area (Å²) in [6, 6.07) is 0. The van der Waals surface area contributed by atoms with Crippen LogP contribution in [0.25, 0.3) is 0 Å². The number of likely N-dealkylation sites (N-methyl/N-ethyl adjacent to an activating group) is 1. The van der Waals surface area contributed by atoms with Gasteiger partial charge in [-0.05, 0) is 44.1 Å². The van der Waals surface area contributed by atoms with E-state index in [-0.39, 0.29) is 43.7 Å². The number of quaternary nitrogens is 1. The number of esters is 1. The average molecular weight is 844 g/mol. The Morgan fingerprint density at radius 2 is 1.40 bits per heavy atom. The third-order valence-electron chi connectivity index (χ3n) is 11.0. The number of aliphatic hydroxyl groups is 2. The third kappa shape index (κ3) is 30.4. The zero-order chi connectivity index (χ0) is 42.9. The maximum atomic E-state index is 12.8. The second kappa shape index (κ2) is 34.0. The molecule has 0 aromatic rings. The number of carbonyl (C=O) groups excluding carboxylic acids is 2. The summed E-state index contributed by atoms with van der Waals surface area (Å²) >= 11 is 0. The molecule has 0 aromatic heterocycles. The number of hydrogen-bond acceptors (Lipinski definition) is 10. The van der Waals surface area contributed by atoms with E-state index < -0.39 is 38.7 Å². The highest BCUT2D eigenvalue weighted by atomic mass is 31.2. The minimum absolute atomic E-state index is 0.0179. The predicted octanol–water partition coefficient (Wildman–Crippen LogP) is 9.91. The largest absolute Gasteiger partial charge is 0.756 e. The van der Waals surface area contributed by atoms with Gasteiger partial charge in [-0.1, -0.05) is 148 Å². The minimum Gasteiger partial charge on any atom is -0.756 e. The lowest BCUT2D eigenvalue weighted by Gasteiger charge is -2.28. The first kappa shape index (κ1) is 54.4. The molecule has 0 aliphatic heterocycles. The molecule has 1 unspecified atom stereocenters. The zero-order valence-electron chi connectivity index (χ0n) is 37.5. The van der Waals surface area contributed by atoms with Crippen molar-refractivity contribution in [2.45, 2.75) is 199 Å². The highest BCUT2D eigenvalue weighted by Crippen LogP contribution is 2.38. The predicted molar refractivity (Wildman–Crippen MR) is 232 cm³/mol. The van der Waals surface area contributed by atoms with E-state index >= 15 is 0 Å². The number of rotatable bonds is 39. The van der Waals surface area contributed by atoms with Gasteiger partial charge >= 0.3 is 5.97 Å². The van der Waals surface area contributed by atoms with Crippen LogP contribution in [0.3, 0.4) is 0 Å². The number of unbranched alkanes of at least 4 members (excludes halogenated alkanes) is 19. The van der Waals surface area contributed by atoms with Crippen LogP contribution < -0.4 is 4.89 Å². The first-order valence-electron chi connectivity index (χ1n) is 23.2. The summed E-state index contributed by atoms with van der Waals surface area (Å²) in [5.74, 6) is -0.989. The van der Waals surface area contributed by atoms with Crippen molar-refractivity contribution in [3.8, 4) is 0 Å². The fourth-order valence-electron chi connectivity index (χ4n) is 7.30. The van der Waals surface area contributed by atoms with Crippen LogP contribution in [0.2, 0.25) is 0 Å². The van der Waals surface area contributed by atoms with Gasteiger partial charge in [0.15, 0.2) is 6.10 Å². The number of nitrogens with zero attached hydrogens (tertiary/aromatic N) is 1. The summed E-state index contributed by atoms with van der Waals surface area (Å²) in [5.41, 5.74) is 0. The molecule has 0 heterocycles. The van der Waals surface area contributed by atoms with Crippen LogP contribution in [-0.2, 0) is 32.7 Å². The van der Waals surface area contributed by atoms with Crippen molar-refractivity contribution in [2.24, 2.45) is 11.8 Å². The third-order valence-corrected chi connectivity index (χ3v) is 11.9. The highest BCUT2D eigenvalue weighted by molar-refractivity contribution is 7.45. The van der Waals surface area contributed by atoms with Crippen molar-refractivity contribution in [3.63, 3.8) is 0 Å². The Morgan fingerprint density at radius 3 is 2.02 bits per heavy atom. The van der Waals surface area contributed by atoms with E-state index in [0.29, 0.717) is 30.3 Å². The molecule has 1 aliphatic carbocycles. The van der Waals surface area contributed by atoms with Gasteiger partial charge in [-0.25, -0.2) is 0 Å². The fraction of sp³-hybridized carbons (Fsp3) is 0.870. The molecule has 12 heteroatoms. The molecule has 1 fully saturated rings. The van der Waals surface area contributed by atoms with Gasteiger partial charge < -0.3 is 38.1 Å². The minimum atomic E-state index is -4.61. The van der Waals surface area contributed by atoms with Crippen LogP contribution in [0.15, 0.2) is 24.5 Å². The highest BCUT2D eigenvalue weighted by Gasteiger charge is 2.39. The van der Waals surface area contributed by atoms with Gasteiger partial charge in [0.1, 0.15) is 25.5 Å². The lowest BCUT2D eigenvalue weighted by molar-refractivity contribution is -0.870. The molecule has 0 aromatic carbocycles. The number of phosphoric ester groups is 1. The van der Waals surface area contributed by atoms with E-state index in [2.05, 4.69) is 13.8 Å². The van der Waals surface area contributed by atoms with Gasteiger partial charge in [0.2, 0.25) is 0 Å². The zero-order valence-corrected chi connectivity index (χ0v) is 38.4. The number of aliphatic hydroxyl groups excluding tert-OH is 2. The first-order chi connectivity index (χ1) is 27.8. The Kier molecular flexibility index (Phi) is 32.0. The number of ketones is 1. The van der Waals surface area contributed by atoms with Crippen molar-refractivity contribution in [1.29, 1.82) is 0 Å². The fourth-order valence-corrected chi connectivity index (χ4v) is 8.03.